The van der Waals surface area contributed by atoms with Gasteiger partial charge in [-0.3, -0.25) is 0 Å². The van der Waals surface area contributed by atoms with Gasteiger partial charge in [0.1, 0.15) is 24.7 Å². The third-order valence-electron chi connectivity index (χ3n) is 11.1. The number of benzene rings is 7. The fourth-order valence-corrected chi connectivity index (χ4v) is 8.69. The van der Waals surface area contributed by atoms with Gasteiger partial charge in [-0.15, -0.1) is 0 Å². The molecule has 0 saturated carbocycles. The predicted octanol–water partition coefficient (Wildman–Crippen LogP) is 14.2. The van der Waals surface area contributed by atoms with Crippen molar-refractivity contribution in [2.24, 2.45) is 0 Å². The van der Waals surface area contributed by atoms with Gasteiger partial charge in [0.25, 0.3) is 0 Å². The third-order valence-corrected chi connectivity index (χ3v) is 12.9. The normalized spacial score (nSPS) is 14.8. The highest BCUT2D eigenvalue weighted by atomic mass is 35.5. The molecule has 0 amide bonds. The van der Waals surface area contributed by atoms with Crippen LogP contribution in [-0.2, 0) is 23.6 Å². The van der Waals surface area contributed by atoms with E-state index in [1.165, 1.54) is 0 Å². The largest absolute Gasteiger partial charge is 0.489 e. The first kappa shape index (κ1) is 44.5. The van der Waals surface area contributed by atoms with E-state index in [1.54, 1.807) is 0 Å². The average Bonchev–Trinajstić information content (AvgIpc) is 3.62. The van der Waals surface area contributed by atoms with Gasteiger partial charge in [-0.1, -0.05) is 156 Å². The Hall–Kier alpha value is -6.15. The quantitative estimate of drug-likeness (QED) is 0.0615. The lowest BCUT2D eigenvalue weighted by Crippen LogP contribution is -2.23. The molecule has 0 fully saturated rings. The van der Waals surface area contributed by atoms with Crippen molar-refractivity contribution in [1.82, 2.24) is 0 Å². The van der Waals surface area contributed by atoms with Crippen molar-refractivity contribution in [3.8, 4) is 11.5 Å². The van der Waals surface area contributed by atoms with Crippen molar-refractivity contribution in [3.63, 3.8) is 0 Å². The van der Waals surface area contributed by atoms with Crippen molar-refractivity contribution in [1.29, 1.82) is 0 Å². The van der Waals surface area contributed by atoms with Crippen LogP contribution in [0.15, 0.2) is 170 Å². The van der Waals surface area contributed by atoms with E-state index in [0.717, 1.165) is 55.9 Å². The number of nitrogens with zero attached hydrogens (tertiary/aromatic N) is 2. The molecule has 0 spiro atoms. The molecule has 1 heterocycles. The Labute approximate surface area is 394 Å². The highest BCUT2D eigenvalue weighted by molar-refractivity contribution is 6.53. The molecule has 0 unspecified atom stereocenters. The zero-order valence-corrected chi connectivity index (χ0v) is 38.6. The number of anilines is 2. The maximum absolute atomic E-state index is 14.4. The van der Waals surface area contributed by atoms with E-state index in [4.69, 9.17) is 60.6 Å². The number of rotatable bonds is 14. The number of fused-ring (bicyclic) bond motifs is 1. The molecule has 0 N–H and O–H groups in total. The van der Waals surface area contributed by atoms with Gasteiger partial charge < -0.3 is 24.0 Å². The molecule has 0 radical (unpaired) electrons. The van der Waals surface area contributed by atoms with Crippen molar-refractivity contribution >= 4 is 74.9 Å². The standard InChI is InChI=1S/C54H44Cl4N2O4/c1-59(2)41-23-15-37(16-24-41)45(39-19-27-43(28-20-39)62-33-35-11-7-5-8-12-35)31-54(48-47(53(61)64-54)49(55)51(57)52(58)50(48)56)32-46(38-17-25-42(26-18-38)60(3)4)40-21-29-44(30-22-40)63-34-36-13-9-6-10-14-36/h5-32H,33-34H2,1-4H3/b45-31+,46-32+. The van der Waals surface area contributed by atoms with Crippen LogP contribution < -0.4 is 19.3 Å². The number of carbonyl (C=O) groups is 1. The number of hydrogen-bond acceptors (Lipinski definition) is 6. The molecule has 8 rings (SSSR count). The SMILES string of the molecule is CN(C)c1ccc(/C(=C\C2(/C=C(/c3ccc(OCc4ccccc4)cc3)c3ccc(N(C)C)cc3)OC(=O)c3c(Cl)c(Cl)c(Cl)c(Cl)c32)c2ccc(OCc3ccccc3)cc2)cc1. The summed E-state index contributed by atoms with van der Waals surface area (Å²) in [6.07, 6.45) is 3.83. The van der Waals surface area contributed by atoms with Crippen LogP contribution in [0.4, 0.5) is 11.4 Å². The molecule has 0 atom stereocenters. The highest BCUT2D eigenvalue weighted by Gasteiger charge is 2.48. The molecule has 1 aliphatic heterocycles. The van der Waals surface area contributed by atoms with E-state index < -0.39 is 11.6 Å². The van der Waals surface area contributed by atoms with E-state index in [-0.39, 0.29) is 31.2 Å². The summed E-state index contributed by atoms with van der Waals surface area (Å²) in [4.78, 5) is 18.4. The summed E-state index contributed by atoms with van der Waals surface area (Å²) in [7, 11) is 7.96. The lowest BCUT2D eigenvalue weighted by molar-refractivity contribution is 0.0300. The average molecular weight is 927 g/mol. The summed E-state index contributed by atoms with van der Waals surface area (Å²) in [5.41, 5.74) is 7.57. The third kappa shape index (κ3) is 9.52. The molecule has 7 aromatic carbocycles. The van der Waals surface area contributed by atoms with Crippen molar-refractivity contribution in [2.45, 2.75) is 18.8 Å². The maximum Gasteiger partial charge on any atom is 0.341 e. The Bertz CT molecular complexity index is 2670. The number of carbonyl (C=O) groups excluding carboxylic acids is 1. The Morgan fingerprint density at radius 2 is 0.859 bits per heavy atom. The van der Waals surface area contributed by atoms with Gasteiger partial charge in [0.15, 0.2) is 5.60 Å². The Kier molecular flexibility index (Phi) is 13.4. The van der Waals surface area contributed by atoms with Crippen LogP contribution in [0.5, 0.6) is 11.5 Å². The number of hydrogen-bond donors (Lipinski definition) is 0. The maximum atomic E-state index is 14.4. The number of esters is 1. The molecule has 1 aliphatic rings. The second-order valence-corrected chi connectivity index (χ2v) is 17.3. The molecule has 322 valence electrons. The first-order valence-electron chi connectivity index (χ1n) is 20.6. The van der Waals surface area contributed by atoms with E-state index >= 15 is 0 Å². The fourth-order valence-electron chi connectivity index (χ4n) is 7.61. The fraction of sp³-hybridized carbons (Fsp3) is 0.130. The molecular weight excluding hydrogens is 882 g/mol. The minimum Gasteiger partial charge on any atom is -0.489 e. The lowest BCUT2D eigenvalue weighted by Gasteiger charge is -2.27. The van der Waals surface area contributed by atoms with Crippen LogP contribution in [0.1, 0.15) is 49.3 Å². The molecule has 64 heavy (non-hydrogen) atoms. The van der Waals surface area contributed by atoms with Crippen LogP contribution in [0.3, 0.4) is 0 Å². The minimum atomic E-state index is -1.68. The van der Waals surface area contributed by atoms with Crippen molar-refractivity contribution in [2.75, 3.05) is 38.0 Å². The molecule has 7 aromatic rings. The minimum absolute atomic E-state index is 0.00478. The van der Waals surface area contributed by atoms with Gasteiger partial charge in [0.05, 0.1) is 25.7 Å². The van der Waals surface area contributed by atoms with Gasteiger partial charge in [-0.05, 0) is 105 Å². The summed E-state index contributed by atoms with van der Waals surface area (Å²) in [5, 5.41) is -0.0363. The van der Waals surface area contributed by atoms with Gasteiger partial charge in [0, 0.05) is 45.1 Å². The van der Waals surface area contributed by atoms with Crippen LogP contribution >= 0.6 is 46.4 Å². The summed E-state index contributed by atoms with van der Waals surface area (Å²) in [5.74, 6) is 0.683. The van der Waals surface area contributed by atoms with Crippen molar-refractivity contribution in [3.05, 3.63) is 234 Å². The van der Waals surface area contributed by atoms with Crippen LogP contribution in [0, 0.1) is 0 Å². The van der Waals surface area contributed by atoms with Crippen molar-refractivity contribution < 1.29 is 19.0 Å². The molecular formula is C54H44Cl4N2O4. The molecule has 6 nitrogen and oxygen atoms in total. The highest BCUT2D eigenvalue weighted by Crippen LogP contribution is 2.53. The van der Waals surface area contributed by atoms with Crippen LogP contribution in [-0.4, -0.2) is 34.2 Å². The van der Waals surface area contributed by atoms with Gasteiger partial charge in [0.2, 0.25) is 0 Å². The molecule has 0 aliphatic carbocycles. The molecule has 0 saturated heterocycles. The summed E-state index contributed by atoms with van der Waals surface area (Å²) in [6, 6.07) is 52.0. The Morgan fingerprint density at radius 1 is 0.500 bits per heavy atom. The zero-order valence-electron chi connectivity index (χ0n) is 35.6. The van der Waals surface area contributed by atoms with Crippen LogP contribution in [0.2, 0.25) is 20.1 Å². The molecule has 0 bridgehead atoms. The number of ether oxygens (including phenoxy) is 3. The second-order valence-electron chi connectivity index (χ2n) is 15.8. The smallest absolute Gasteiger partial charge is 0.341 e. The Balaban J connectivity index is 1.34. The Morgan fingerprint density at radius 3 is 1.23 bits per heavy atom. The lowest BCUT2D eigenvalue weighted by atomic mass is 9.83. The first-order valence-corrected chi connectivity index (χ1v) is 22.1. The van der Waals surface area contributed by atoms with Gasteiger partial charge in [-0.2, -0.15) is 0 Å². The van der Waals surface area contributed by atoms with Crippen LogP contribution in [0.25, 0.3) is 11.1 Å². The summed E-state index contributed by atoms with van der Waals surface area (Å²) in [6.45, 7) is 0.826. The topological polar surface area (TPSA) is 51.2 Å². The van der Waals surface area contributed by atoms with Gasteiger partial charge >= 0.3 is 5.97 Å². The first-order chi connectivity index (χ1) is 30.9. The predicted molar refractivity (Wildman–Crippen MR) is 264 cm³/mol. The summed E-state index contributed by atoms with van der Waals surface area (Å²) < 4.78 is 19.0. The molecule has 10 heteroatoms. The monoisotopic (exact) mass is 924 g/mol. The van der Waals surface area contributed by atoms with E-state index in [9.17, 15) is 4.79 Å². The number of halogens is 4. The summed E-state index contributed by atoms with van der Waals surface area (Å²) >= 11 is 27.6. The van der Waals surface area contributed by atoms with E-state index in [2.05, 4.69) is 0 Å². The second kappa shape index (κ2) is 19.3. The van der Waals surface area contributed by atoms with E-state index in [0.29, 0.717) is 24.7 Å². The number of cyclic esters (lactones) is 1. The van der Waals surface area contributed by atoms with E-state index in [1.807, 2.05) is 208 Å². The molecule has 0 aromatic heterocycles. The van der Waals surface area contributed by atoms with Gasteiger partial charge in [-0.25, -0.2) is 4.79 Å². The zero-order chi connectivity index (χ0) is 45.0.